The lowest BCUT2D eigenvalue weighted by Crippen LogP contribution is -2.23. The fourth-order valence-corrected chi connectivity index (χ4v) is 5.21. The van der Waals surface area contributed by atoms with Gasteiger partial charge in [0.2, 0.25) is 10.0 Å². The summed E-state index contributed by atoms with van der Waals surface area (Å²) in [5.41, 5.74) is 0.909. The van der Waals surface area contributed by atoms with Gasteiger partial charge >= 0.3 is 0 Å². The Kier molecular flexibility index (Phi) is 4.92. The van der Waals surface area contributed by atoms with Gasteiger partial charge in [-0.3, -0.25) is 0 Å². The molecule has 0 spiro atoms. The molecule has 0 fully saturated rings. The Morgan fingerprint density at radius 1 is 1.30 bits per heavy atom. The minimum Gasteiger partial charge on any atom is -0.315 e. The van der Waals surface area contributed by atoms with Crippen LogP contribution in [0, 0.1) is 13.8 Å². The summed E-state index contributed by atoms with van der Waals surface area (Å²) in [6.45, 7) is 4.62. The molecule has 0 saturated carbocycles. The molecule has 0 aliphatic heterocycles. The van der Waals surface area contributed by atoms with Gasteiger partial charge < -0.3 is 5.32 Å². The van der Waals surface area contributed by atoms with Crippen molar-refractivity contribution < 1.29 is 8.42 Å². The molecule has 0 atom stereocenters. The van der Waals surface area contributed by atoms with Crippen LogP contribution in [0.5, 0.6) is 0 Å². The van der Waals surface area contributed by atoms with Gasteiger partial charge in [-0.1, -0.05) is 0 Å². The highest BCUT2D eigenvalue weighted by Crippen LogP contribution is 2.25. The van der Waals surface area contributed by atoms with Crippen molar-refractivity contribution in [1.82, 2.24) is 15.0 Å². The molecule has 0 aliphatic carbocycles. The average molecular weight is 331 g/mol. The highest BCUT2D eigenvalue weighted by atomic mass is 32.2. The van der Waals surface area contributed by atoms with E-state index in [2.05, 4.69) is 15.0 Å². The van der Waals surface area contributed by atoms with Crippen LogP contribution in [0.3, 0.4) is 0 Å². The summed E-state index contributed by atoms with van der Waals surface area (Å²) >= 11 is 2.95. The summed E-state index contributed by atoms with van der Waals surface area (Å²) in [5.74, 6) is 0. The van der Waals surface area contributed by atoms with Gasteiger partial charge in [0.05, 0.1) is 11.4 Å². The lowest BCUT2D eigenvalue weighted by Gasteiger charge is -2.04. The van der Waals surface area contributed by atoms with E-state index in [0.717, 1.165) is 20.5 Å². The number of aryl methyl sites for hydroxylation is 2. The van der Waals surface area contributed by atoms with Gasteiger partial charge in [-0.15, -0.1) is 22.7 Å². The maximum absolute atomic E-state index is 12.3. The smallest absolute Gasteiger partial charge is 0.242 e. The van der Waals surface area contributed by atoms with Gasteiger partial charge in [-0.2, -0.15) is 0 Å². The van der Waals surface area contributed by atoms with E-state index in [9.17, 15) is 8.42 Å². The Hall–Kier alpha value is -0.800. The van der Waals surface area contributed by atoms with Crippen molar-refractivity contribution in [2.24, 2.45) is 0 Å². The Morgan fingerprint density at radius 2 is 2.05 bits per heavy atom. The molecule has 0 radical (unpaired) electrons. The number of sulfonamides is 1. The minimum atomic E-state index is -3.48. The molecule has 2 heterocycles. The third-order valence-corrected chi connectivity index (χ3v) is 6.32. The maximum atomic E-state index is 12.3. The summed E-state index contributed by atoms with van der Waals surface area (Å²) < 4.78 is 27.2. The second kappa shape index (κ2) is 6.31. The lowest BCUT2D eigenvalue weighted by atomic mass is 10.4. The normalized spacial score (nSPS) is 11.9. The van der Waals surface area contributed by atoms with Crippen molar-refractivity contribution in [2.75, 3.05) is 7.05 Å². The Labute approximate surface area is 127 Å². The fourth-order valence-electron chi connectivity index (χ4n) is 1.77. The number of aromatic nitrogens is 1. The number of nitrogens with zero attached hydrogens (tertiary/aromatic N) is 1. The number of thiazole rings is 1. The van der Waals surface area contributed by atoms with Crippen LogP contribution in [-0.2, 0) is 23.1 Å². The summed E-state index contributed by atoms with van der Waals surface area (Å²) in [6.07, 6.45) is 0. The Bertz CT molecular complexity index is 689. The number of hydrogen-bond acceptors (Lipinski definition) is 6. The molecule has 0 aromatic carbocycles. The molecule has 0 unspecified atom stereocenters. The largest absolute Gasteiger partial charge is 0.315 e. The lowest BCUT2D eigenvalue weighted by molar-refractivity contribution is 0.581. The molecule has 2 rings (SSSR count). The first-order chi connectivity index (χ1) is 9.42. The Balaban J connectivity index is 2.13. The first kappa shape index (κ1) is 15.6. The van der Waals surface area contributed by atoms with E-state index in [1.165, 1.54) is 22.7 Å². The minimum absolute atomic E-state index is 0.234. The number of hydrogen-bond donors (Lipinski definition) is 2. The summed E-state index contributed by atoms with van der Waals surface area (Å²) in [6, 6.07) is 1.73. The predicted molar refractivity (Wildman–Crippen MR) is 82.7 cm³/mol. The third-order valence-electron chi connectivity index (χ3n) is 2.64. The predicted octanol–water partition coefficient (Wildman–Crippen LogP) is 2.02. The van der Waals surface area contributed by atoms with Crippen LogP contribution in [-0.4, -0.2) is 20.4 Å². The fraction of sp³-hybridized carbons (Fsp3) is 0.417. The molecule has 110 valence electrons. The van der Waals surface area contributed by atoms with E-state index in [1.54, 1.807) is 6.07 Å². The van der Waals surface area contributed by atoms with Crippen LogP contribution in [0.15, 0.2) is 16.3 Å². The molecule has 2 aromatic heterocycles. The van der Waals surface area contributed by atoms with Gasteiger partial charge in [-0.05, 0) is 27.0 Å². The SMILES string of the molecule is CNCc1cc(S(=O)(=O)NCc2nc(C)cs2)c(C)s1. The zero-order valence-corrected chi connectivity index (χ0v) is 14.0. The number of thiophene rings is 1. The molecule has 2 aromatic rings. The first-order valence-corrected chi connectivity index (χ1v) is 9.25. The molecule has 5 nitrogen and oxygen atoms in total. The molecule has 20 heavy (non-hydrogen) atoms. The zero-order chi connectivity index (χ0) is 14.8. The quantitative estimate of drug-likeness (QED) is 0.849. The van der Waals surface area contributed by atoms with Crippen LogP contribution in [0.4, 0.5) is 0 Å². The van der Waals surface area contributed by atoms with E-state index in [0.29, 0.717) is 11.4 Å². The van der Waals surface area contributed by atoms with E-state index in [4.69, 9.17) is 0 Å². The molecular formula is C12H17N3O2S3. The van der Waals surface area contributed by atoms with Crippen molar-refractivity contribution in [3.63, 3.8) is 0 Å². The molecular weight excluding hydrogens is 314 g/mol. The van der Waals surface area contributed by atoms with Gasteiger partial charge in [0.15, 0.2) is 0 Å². The average Bonchev–Trinajstić information content (AvgIpc) is 2.94. The number of nitrogens with one attached hydrogen (secondary N) is 2. The third kappa shape index (κ3) is 3.64. The van der Waals surface area contributed by atoms with E-state index >= 15 is 0 Å². The standard InChI is InChI=1S/C12H17N3O2S3/c1-8-7-18-12(15-8)6-14-20(16,17)11-4-10(5-13-3)19-9(11)2/h4,7,13-14H,5-6H2,1-3H3. The van der Waals surface area contributed by atoms with E-state index < -0.39 is 10.0 Å². The van der Waals surface area contributed by atoms with E-state index in [-0.39, 0.29) is 6.54 Å². The number of rotatable bonds is 6. The van der Waals surface area contributed by atoms with Gasteiger partial charge in [-0.25, -0.2) is 18.1 Å². The second-order valence-corrected chi connectivity index (χ2v) is 8.39. The molecule has 8 heteroatoms. The monoisotopic (exact) mass is 331 g/mol. The maximum Gasteiger partial charge on any atom is 0.242 e. The van der Waals surface area contributed by atoms with E-state index in [1.807, 2.05) is 26.3 Å². The van der Waals surface area contributed by atoms with Crippen LogP contribution < -0.4 is 10.0 Å². The highest BCUT2D eigenvalue weighted by Gasteiger charge is 2.20. The highest BCUT2D eigenvalue weighted by molar-refractivity contribution is 7.89. The van der Waals surface area contributed by atoms with Crippen molar-refractivity contribution in [3.8, 4) is 0 Å². The molecule has 0 amide bonds. The van der Waals surface area contributed by atoms with Gasteiger partial charge in [0, 0.05) is 27.4 Å². The Morgan fingerprint density at radius 3 is 2.65 bits per heavy atom. The van der Waals surface area contributed by atoms with Crippen molar-refractivity contribution in [1.29, 1.82) is 0 Å². The topological polar surface area (TPSA) is 71.1 Å². The van der Waals surface area contributed by atoms with Crippen molar-refractivity contribution in [3.05, 3.63) is 31.9 Å². The van der Waals surface area contributed by atoms with Crippen LogP contribution >= 0.6 is 22.7 Å². The van der Waals surface area contributed by atoms with Crippen LogP contribution in [0.1, 0.15) is 20.5 Å². The van der Waals surface area contributed by atoms with Crippen molar-refractivity contribution >= 4 is 32.7 Å². The molecule has 2 N–H and O–H groups in total. The molecule has 0 saturated heterocycles. The summed E-state index contributed by atoms with van der Waals surface area (Å²) in [7, 11) is -1.64. The van der Waals surface area contributed by atoms with Crippen molar-refractivity contribution in [2.45, 2.75) is 31.8 Å². The zero-order valence-electron chi connectivity index (χ0n) is 11.6. The van der Waals surface area contributed by atoms with Gasteiger partial charge in [0.25, 0.3) is 0 Å². The first-order valence-electron chi connectivity index (χ1n) is 6.07. The van der Waals surface area contributed by atoms with Gasteiger partial charge in [0.1, 0.15) is 5.01 Å². The molecule has 0 aliphatic rings. The summed E-state index contributed by atoms with van der Waals surface area (Å²) in [4.78, 5) is 6.42. The van der Waals surface area contributed by atoms with Crippen LogP contribution in [0.25, 0.3) is 0 Å². The second-order valence-electron chi connectivity index (χ2n) is 4.37. The van der Waals surface area contributed by atoms with Crippen LogP contribution in [0.2, 0.25) is 0 Å². The summed E-state index contributed by atoms with van der Waals surface area (Å²) in [5, 5.41) is 5.70. The molecule has 0 bridgehead atoms.